The first-order valence-electron chi connectivity index (χ1n) is 12.5. The zero-order chi connectivity index (χ0) is 26.1. The number of carbonyl (C=O) groups is 2. The Morgan fingerprint density at radius 3 is 2.71 bits per heavy atom. The molecule has 0 aromatic carbocycles. The summed E-state index contributed by atoms with van der Waals surface area (Å²) < 4.78 is 13.0. The minimum atomic E-state index is -0.894. The van der Waals surface area contributed by atoms with E-state index in [-0.39, 0.29) is 18.0 Å². The molecule has 0 radical (unpaired) electrons. The van der Waals surface area contributed by atoms with Crippen molar-refractivity contribution >= 4 is 34.7 Å². The highest BCUT2D eigenvalue weighted by Gasteiger charge is 2.21. The molecule has 1 aliphatic heterocycles. The maximum atomic E-state index is 12.6. The standard InChI is InChI=1S/C28H42INO5/c1-21-13-9-8-11-15-25(35-28(30)33)24(31)14-10-6-4-5-7-12-16-27(32)34-26(20-21)23(3)19-22(2)17-18-29/h8-10,13-14,17-19,23-26,31H,4-7,11-12,15-16,20H2,1-3H3,(H2,30,33)/b9-8+,14-10+,18-17+,21-13+,22-19+/t23-,24+,25+,26-/m1/s1. The molecule has 1 aliphatic rings. The summed E-state index contributed by atoms with van der Waals surface area (Å²) in [5.74, 6) is -0.0599. The summed E-state index contributed by atoms with van der Waals surface area (Å²) in [7, 11) is 0. The van der Waals surface area contributed by atoms with Gasteiger partial charge in [-0.3, -0.25) is 4.79 Å². The van der Waals surface area contributed by atoms with Gasteiger partial charge in [0.25, 0.3) is 0 Å². The van der Waals surface area contributed by atoms with Crippen LogP contribution in [-0.4, -0.2) is 35.5 Å². The monoisotopic (exact) mass is 599 g/mol. The molecule has 0 saturated carbocycles. The molecule has 196 valence electrons. The lowest BCUT2D eigenvalue weighted by atomic mass is 9.95. The molecule has 6 nitrogen and oxygen atoms in total. The molecule has 0 aromatic heterocycles. The number of halogens is 1. The molecular formula is C28H42INO5. The largest absolute Gasteiger partial charge is 0.461 e. The van der Waals surface area contributed by atoms with Crippen LogP contribution in [0.25, 0.3) is 0 Å². The highest BCUT2D eigenvalue weighted by Crippen LogP contribution is 2.21. The van der Waals surface area contributed by atoms with Crippen molar-refractivity contribution in [3.05, 3.63) is 57.8 Å². The third-order valence-corrected chi connectivity index (χ3v) is 6.22. The van der Waals surface area contributed by atoms with Crippen molar-refractivity contribution in [2.45, 2.75) is 96.9 Å². The van der Waals surface area contributed by atoms with Crippen molar-refractivity contribution in [2.75, 3.05) is 0 Å². The number of aliphatic hydroxyl groups excluding tert-OH is 1. The Labute approximate surface area is 224 Å². The second-order valence-corrected chi connectivity index (χ2v) is 9.88. The summed E-state index contributed by atoms with van der Waals surface area (Å²) >= 11 is 2.20. The maximum Gasteiger partial charge on any atom is 0.404 e. The SMILES string of the molecule is CC(/C=C/I)=C\[C@@H](C)[C@H]1C/C(C)=C/C=C/CC[C@H](OC(N)=O)[C@@H](O)/C=C/CCCCCCC(=O)O1. The van der Waals surface area contributed by atoms with Crippen LogP contribution in [0.2, 0.25) is 0 Å². The van der Waals surface area contributed by atoms with Crippen molar-refractivity contribution in [3.63, 3.8) is 0 Å². The van der Waals surface area contributed by atoms with Gasteiger partial charge in [-0.05, 0) is 50.0 Å². The quantitative estimate of drug-likeness (QED) is 0.160. The van der Waals surface area contributed by atoms with Gasteiger partial charge in [-0.15, -0.1) is 0 Å². The van der Waals surface area contributed by atoms with Gasteiger partial charge < -0.3 is 20.3 Å². The van der Waals surface area contributed by atoms with Gasteiger partial charge in [-0.1, -0.05) is 96.0 Å². The first-order chi connectivity index (χ1) is 16.7. The zero-order valence-corrected chi connectivity index (χ0v) is 23.5. The van der Waals surface area contributed by atoms with Crippen LogP contribution < -0.4 is 5.73 Å². The number of amides is 1. The van der Waals surface area contributed by atoms with Crippen LogP contribution >= 0.6 is 22.6 Å². The molecule has 0 unspecified atom stereocenters. The lowest BCUT2D eigenvalue weighted by Gasteiger charge is -2.23. The first-order valence-corrected chi connectivity index (χ1v) is 13.7. The van der Waals surface area contributed by atoms with Crippen molar-refractivity contribution in [1.29, 1.82) is 0 Å². The van der Waals surface area contributed by atoms with Crippen molar-refractivity contribution in [3.8, 4) is 0 Å². The fraction of sp³-hybridized carbons (Fsp3) is 0.571. The van der Waals surface area contributed by atoms with Crippen LogP contribution in [-0.2, 0) is 14.3 Å². The number of ether oxygens (including phenoxy) is 2. The molecule has 0 fully saturated rings. The second-order valence-electron chi connectivity index (χ2n) is 9.16. The van der Waals surface area contributed by atoms with Gasteiger partial charge in [0.1, 0.15) is 18.3 Å². The number of aliphatic hydroxyl groups is 1. The zero-order valence-electron chi connectivity index (χ0n) is 21.3. The van der Waals surface area contributed by atoms with Crippen LogP contribution in [0.5, 0.6) is 0 Å². The van der Waals surface area contributed by atoms with E-state index in [1.165, 1.54) is 0 Å². The number of hydrogen-bond acceptors (Lipinski definition) is 5. The van der Waals surface area contributed by atoms with Crippen molar-refractivity contribution in [2.24, 2.45) is 11.7 Å². The van der Waals surface area contributed by atoms with Gasteiger partial charge in [0.15, 0.2) is 0 Å². The predicted octanol–water partition coefficient (Wildman–Crippen LogP) is 6.84. The average molecular weight is 600 g/mol. The molecule has 3 N–H and O–H groups in total. The first kappa shape index (κ1) is 31.2. The van der Waals surface area contributed by atoms with E-state index in [1.54, 1.807) is 6.08 Å². The van der Waals surface area contributed by atoms with Gasteiger partial charge in [0, 0.05) is 18.8 Å². The summed E-state index contributed by atoms with van der Waals surface area (Å²) in [5.41, 5.74) is 7.43. The Morgan fingerprint density at radius 2 is 2.00 bits per heavy atom. The number of nitrogens with two attached hydrogens (primary N) is 1. The van der Waals surface area contributed by atoms with Gasteiger partial charge >= 0.3 is 12.1 Å². The van der Waals surface area contributed by atoms with E-state index in [1.807, 2.05) is 48.3 Å². The highest BCUT2D eigenvalue weighted by molar-refractivity contribution is 14.1. The number of carbonyl (C=O) groups excluding carboxylic acids is 2. The summed E-state index contributed by atoms with van der Waals surface area (Å²) in [6, 6.07) is 0. The minimum Gasteiger partial charge on any atom is -0.461 e. The molecule has 1 heterocycles. The number of cyclic esters (lactones) is 1. The van der Waals surface area contributed by atoms with Crippen LogP contribution in [0, 0.1) is 5.92 Å². The summed E-state index contributed by atoms with van der Waals surface area (Å²) in [6.45, 7) is 6.16. The van der Waals surface area contributed by atoms with Crippen LogP contribution in [0.1, 0.15) is 78.6 Å². The maximum absolute atomic E-state index is 12.6. The number of hydrogen-bond donors (Lipinski definition) is 2. The minimum absolute atomic E-state index is 0.0803. The van der Waals surface area contributed by atoms with E-state index < -0.39 is 18.3 Å². The van der Waals surface area contributed by atoms with E-state index in [4.69, 9.17) is 15.2 Å². The van der Waals surface area contributed by atoms with Gasteiger partial charge in [0.2, 0.25) is 0 Å². The fourth-order valence-electron chi connectivity index (χ4n) is 3.91. The summed E-state index contributed by atoms with van der Waals surface area (Å²) in [5, 5.41) is 10.4. The molecule has 0 bridgehead atoms. The van der Waals surface area contributed by atoms with Crippen LogP contribution in [0.4, 0.5) is 4.79 Å². The highest BCUT2D eigenvalue weighted by atomic mass is 127. The Kier molecular flexibility index (Phi) is 16.4. The van der Waals surface area contributed by atoms with E-state index in [0.717, 1.165) is 43.3 Å². The lowest BCUT2D eigenvalue weighted by molar-refractivity contribution is -0.150. The van der Waals surface area contributed by atoms with E-state index in [0.29, 0.717) is 25.7 Å². The van der Waals surface area contributed by atoms with Crippen LogP contribution in [0.15, 0.2) is 57.8 Å². The Hall–Kier alpha value is -1.87. The molecule has 0 spiro atoms. The second kappa shape index (κ2) is 18.4. The molecule has 0 aromatic rings. The molecule has 35 heavy (non-hydrogen) atoms. The number of primary amides is 1. The molecule has 7 heteroatoms. The third kappa shape index (κ3) is 15.0. The normalized spacial score (nSPS) is 28.8. The molecule has 1 rings (SSSR count). The fourth-order valence-corrected chi connectivity index (χ4v) is 4.47. The predicted molar refractivity (Wildman–Crippen MR) is 150 cm³/mol. The van der Waals surface area contributed by atoms with Crippen LogP contribution in [0.3, 0.4) is 0 Å². The molecule has 0 saturated heterocycles. The lowest BCUT2D eigenvalue weighted by Crippen LogP contribution is -2.32. The molecule has 4 atom stereocenters. The van der Waals surface area contributed by atoms with Gasteiger partial charge in [0.05, 0.1) is 0 Å². The van der Waals surface area contributed by atoms with E-state index in [9.17, 15) is 14.7 Å². The molecule has 1 amide bonds. The number of allylic oxidation sites excluding steroid dienone is 6. The van der Waals surface area contributed by atoms with Gasteiger partial charge in [-0.25, -0.2) is 4.79 Å². The van der Waals surface area contributed by atoms with Gasteiger partial charge in [-0.2, -0.15) is 0 Å². The van der Waals surface area contributed by atoms with Crippen molar-refractivity contribution in [1.82, 2.24) is 0 Å². The summed E-state index contributed by atoms with van der Waals surface area (Å²) in [4.78, 5) is 23.8. The Balaban J connectivity index is 2.99. The topological polar surface area (TPSA) is 98.9 Å². The average Bonchev–Trinajstić information content (AvgIpc) is 2.78. The number of rotatable bonds is 4. The van der Waals surface area contributed by atoms with E-state index >= 15 is 0 Å². The third-order valence-electron chi connectivity index (χ3n) is 5.86. The molecule has 0 aliphatic carbocycles. The van der Waals surface area contributed by atoms with E-state index in [2.05, 4.69) is 35.6 Å². The number of esters is 1. The Morgan fingerprint density at radius 1 is 1.26 bits per heavy atom. The smallest absolute Gasteiger partial charge is 0.404 e. The Bertz CT molecular complexity index is 799. The molecular weight excluding hydrogens is 557 g/mol. The van der Waals surface area contributed by atoms with Crippen molar-refractivity contribution < 1.29 is 24.2 Å². The summed E-state index contributed by atoms with van der Waals surface area (Å²) in [6.07, 6.45) is 17.6.